The number of nitrogen functional groups attached to an aromatic ring is 2. The molecule has 0 saturated heterocycles. The maximum Gasteiger partial charge on any atom is 0.223 e. The lowest BCUT2D eigenvalue weighted by Gasteiger charge is -2.18. The molecule has 1 aromatic heterocycles. The van der Waals surface area contributed by atoms with Crippen LogP contribution in [0.3, 0.4) is 0 Å². The van der Waals surface area contributed by atoms with Gasteiger partial charge in [0, 0.05) is 19.7 Å². The zero-order chi connectivity index (χ0) is 13.1. The van der Waals surface area contributed by atoms with E-state index in [0.717, 1.165) is 12.4 Å². The summed E-state index contributed by atoms with van der Waals surface area (Å²) in [6.07, 6.45) is 0. The van der Waals surface area contributed by atoms with Gasteiger partial charge >= 0.3 is 0 Å². The van der Waals surface area contributed by atoms with E-state index in [2.05, 4.69) is 41.2 Å². The van der Waals surface area contributed by atoms with Gasteiger partial charge in [0.15, 0.2) is 0 Å². The molecule has 1 heterocycles. The van der Waals surface area contributed by atoms with Gasteiger partial charge in [0.1, 0.15) is 11.6 Å². The lowest BCUT2D eigenvalue weighted by Crippen LogP contribution is -2.19. The van der Waals surface area contributed by atoms with Crippen LogP contribution in [-0.2, 0) is 6.54 Å². The van der Waals surface area contributed by atoms with Gasteiger partial charge in [-0.25, -0.2) is 0 Å². The number of hydrogen-bond acceptors (Lipinski definition) is 5. The monoisotopic (exact) mass is 243 g/mol. The second-order valence-corrected chi connectivity index (χ2v) is 4.35. The van der Waals surface area contributed by atoms with E-state index in [-0.39, 0.29) is 5.95 Å². The maximum atomic E-state index is 5.65. The van der Waals surface area contributed by atoms with Crippen LogP contribution in [0.1, 0.15) is 11.1 Å². The van der Waals surface area contributed by atoms with E-state index in [1.807, 2.05) is 11.9 Å². The molecule has 0 aliphatic rings. The maximum absolute atomic E-state index is 5.65. The summed E-state index contributed by atoms with van der Waals surface area (Å²) in [6.45, 7) is 2.81. The highest BCUT2D eigenvalue weighted by molar-refractivity contribution is 5.50. The molecule has 5 heteroatoms. The van der Waals surface area contributed by atoms with Gasteiger partial charge in [-0.15, -0.1) is 0 Å². The fraction of sp³-hybridized carbons (Fsp3) is 0.231. The van der Waals surface area contributed by atoms with E-state index in [4.69, 9.17) is 11.5 Å². The van der Waals surface area contributed by atoms with Crippen molar-refractivity contribution in [2.75, 3.05) is 23.4 Å². The molecule has 0 aliphatic carbocycles. The highest BCUT2D eigenvalue weighted by atomic mass is 15.2. The minimum Gasteiger partial charge on any atom is -0.383 e. The van der Waals surface area contributed by atoms with E-state index in [0.29, 0.717) is 5.82 Å². The quantitative estimate of drug-likeness (QED) is 0.855. The van der Waals surface area contributed by atoms with E-state index in [1.54, 1.807) is 6.07 Å². The van der Waals surface area contributed by atoms with E-state index < -0.39 is 0 Å². The van der Waals surface area contributed by atoms with Gasteiger partial charge in [-0.1, -0.05) is 29.8 Å². The Morgan fingerprint density at radius 3 is 2.39 bits per heavy atom. The summed E-state index contributed by atoms with van der Waals surface area (Å²) in [7, 11) is 1.95. The molecule has 0 aliphatic heterocycles. The first kappa shape index (κ1) is 12.2. The number of rotatable bonds is 3. The van der Waals surface area contributed by atoms with Gasteiger partial charge in [0.05, 0.1) is 0 Å². The molecule has 0 bridgehead atoms. The summed E-state index contributed by atoms with van der Waals surface area (Å²) in [5.41, 5.74) is 13.7. The lowest BCUT2D eigenvalue weighted by molar-refractivity contribution is 0.894. The molecule has 0 radical (unpaired) electrons. The standard InChI is InChI=1S/C13H17N5/c1-9-3-5-10(6-4-9)8-18(2)12-7-11(14)16-13(15)17-12/h3-7H,8H2,1-2H3,(H4,14,15,16,17). The SMILES string of the molecule is Cc1ccc(CN(C)c2cc(N)nc(N)n2)cc1. The number of nitrogens with zero attached hydrogens (tertiary/aromatic N) is 3. The molecule has 5 nitrogen and oxygen atoms in total. The van der Waals surface area contributed by atoms with Crippen LogP contribution < -0.4 is 16.4 Å². The number of hydrogen-bond donors (Lipinski definition) is 2. The molecule has 0 unspecified atom stereocenters. The Morgan fingerprint density at radius 1 is 1.11 bits per heavy atom. The van der Waals surface area contributed by atoms with Gasteiger partial charge in [0.2, 0.25) is 5.95 Å². The number of anilines is 3. The summed E-state index contributed by atoms with van der Waals surface area (Å²) >= 11 is 0. The predicted molar refractivity (Wildman–Crippen MR) is 74.1 cm³/mol. The highest BCUT2D eigenvalue weighted by Crippen LogP contribution is 2.16. The lowest BCUT2D eigenvalue weighted by atomic mass is 10.1. The molecule has 0 saturated carbocycles. The van der Waals surface area contributed by atoms with E-state index in [1.165, 1.54) is 11.1 Å². The molecule has 0 spiro atoms. The van der Waals surface area contributed by atoms with Gasteiger partial charge in [-0.3, -0.25) is 0 Å². The van der Waals surface area contributed by atoms with Gasteiger partial charge in [-0.2, -0.15) is 9.97 Å². The van der Waals surface area contributed by atoms with Crippen LogP contribution in [0.15, 0.2) is 30.3 Å². The summed E-state index contributed by atoms with van der Waals surface area (Å²) in [5, 5.41) is 0. The molecule has 4 N–H and O–H groups in total. The Morgan fingerprint density at radius 2 is 1.78 bits per heavy atom. The fourth-order valence-electron chi connectivity index (χ4n) is 1.72. The van der Waals surface area contributed by atoms with Gasteiger partial charge in [0.25, 0.3) is 0 Å². The highest BCUT2D eigenvalue weighted by Gasteiger charge is 2.06. The van der Waals surface area contributed by atoms with Crippen molar-refractivity contribution in [2.24, 2.45) is 0 Å². The molecule has 2 rings (SSSR count). The van der Waals surface area contributed by atoms with Crippen molar-refractivity contribution in [1.82, 2.24) is 9.97 Å². The van der Waals surface area contributed by atoms with Crippen molar-refractivity contribution in [3.05, 3.63) is 41.5 Å². The van der Waals surface area contributed by atoms with Crippen molar-refractivity contribution in [3.63, 3.8) is 0 Å². The van der Waals surface area contributed by atoms with Crippen molar-refractivity contribution in [2.45, 2.75) is 13.5 Å². The third-order valence-electron chi connectivity index (χ3n) is 2.68. The van der Waals surface area contributed by atoms with Crippen LogP contribution in [0.25, 0.3) is 0 Å². The Kier molecular flexibility index (Phi) is 3.32. The third kappa shape index (κ3) is 2.88. The van der Waals surface area contributed by atoms with Crippen molar-refractivity contribution >= 4 is 17.6 Å². The second kappa shape index (κ2) is 4.91. The van der Waals surface area contributed by atoms with Crippen molar-refractivity contribution < 1.29 is 0 Å². The Labute approximate surface area is 106 Å². The molecule has 0 atom stereocenters. The van der Waals surface area contributed by atoms with E-state index >= 15 is 0 Å². The molecule has 0 fully saturated rings. The second-order valence-electron chi connectivity index (χ2n) is 4.35. The van der Waals surface area contributed by atoms with Gasteiger partial charge in [-0.05, 0) is 12.5 Å². The Hall–Kier alpha value is -2.30. The molecule has 0 amide bonds. The molecule has 1 aromatic carbocycles. The number of nitrogens with two attached hydrogens (primary N) is 2. The molecule has 94 valence electrons. The van der Waals surface area contributed by atoms with Crippen molar-refractivity contribution in [1.29, 1.82) is 0 Å². The first-order valence-electron chi connectivity index (χ1n) is 5.71. The first-order valence-corrected chi connectivity index (χ1v) is 5.71. The van der Waals surface area contributed by atoms with Crippen LogP contribution in [0.4, 0.5) is 17.6 Å². The fourth-order valence-corrected chi connectivity index (χ4v) is 1.72. The van der Waals surface area contributed by atoms with Gasteiger partial charge < -0.3 is 16.4 Å². The largest absolute Gasteiger partial charge is 0.383 e. The zero-order valence-electron chi connectivity index (χ0n) is 10.6. The number of aryl methyl sites for hydroxylation is 1. The predicted octanol–water partition coefficient (Wildman–Crippen LogP) is 1.59. The van der Waals surface area contributed by atoms with Crippen LogP contribution in [0, 0.1) is 6.92 Å². The number of aromatic nitrogens is 2. The van der Waals surface area contributed by atoms with Crippen LogP contribution >= 0.6 is 0 Å². The minimum absolute atomic E-state index is 0.195. The average Bonchev–Trinajstić information content (AvgIpc) is 2.31. The third-order valence-corrected chi connectivity index (χ3v) is 2.68. The molecule has 2 aromatic rings. The summed E-state index contributed by atoms with van der Waals surface area (Å²) < 4.78 is 0. The summed E-state index contributed by atoms with van der Waals surface area (Å²) in [6, 6.07) is 10.1. The zero-order valence-corrected chi connectivity index (χ0v) is 10.6. The Balaban J connectivity index is 2.16. The topological polar surface area (TPSA) is 81.1 Å². The van der Waals surface area contributed by atoms with E-state index in [9.17, 15) is 0 Å². The normalized spacial score (nSPS) is 10.3. The Bertz CT molecular complexity index is 515. The van der Waals surface area contributed by atoms with Crippen LogP contribution in [0.5, 0.6) is 0 Å². The minimum atomic E-state index is 0.195. The van der Waals surface area contributed by atoms with Crippen LogP contribution in [0.2, 0.25) is 0 Å². The number of benzene rings is 1. The van der Waals surface area contributed by atoms with Crippen LogP contribution in [-0.4, -0.2) is 17.0 Å². The molecular formula is C13H17N5. The summed E-state index contributed by atoms with van der Waals surface area (Å²) in [4.78, 5) is 10.00. The summed E-state index contributed by atoms with van der Waals surface area (Å²) in [5.74, 6) is 1.30. The first-order chi connectivity index (χ1) is 8.54. The van der Waals surface area contributed by atoms with Crippen molar-refractivity contribution in [3.8, 4) is 0 Å². The average molecular weight is 243 g/mol. The molecule has 18 heavy (non-hydrogen) atoms. The smallest absolute Gasteiger partial charge is 0.223 e. The molecular weight excluding hydrogens is 226 g/mol.